The van der Waals surface area contributed by atoms with Crippen molar-refractivity contribution in [1.82, 2.24) is 10.2 Å². The van der Waals surface area contributed by atoms with Crippen molar-refractivity contribution in [1.29, 1.82) is 0 Å². The van der Waals surface area contributed by atoms with Gasteiger partial charge in [-0.3, -0.25) is 4.79 Å². The number of carbonyl (C=O) groups excluding carboxylic acids is 2. The minimum absolute atomic E-state index is 0.0413. The summed E-state index contributed by atoms with van der Waals surface area (Å²) < 4.78 is 5.00. The van der Waals surface area contributed by atoms with Gasteiger partial charge in [0, 0.05) is 19.0 Å². The van der Waals surface area contributed by atoms with E-state index in [1.807, 2.05) is 4.90 Å². The van der Waals surface area contributed by atoms with E-state index in [1.54, 1.807) is 0 Å². The van der Waals surface area contributed by atoms with Crippen molar-refractivity contribution in [3.8, 4) is 0 Å². The summed E-state index contributed by atoms with van der Waals surface area (Å²) in [5.74, 6) is 0.855. The van der Waals surface area contributed by atoms with Crippen LogP contribution in [-0.4, -0.2) is 50.2 Å². The lowest BCUT2D eigenvalue weighted by Gasteiger charge is -2.45. The number of rotatable bonds is 3. The molecule has 0 aromatic heterocycles. The van der Waals surface area contributed by atoms with Crippen molar-refractivity contribution in [2.24, 2.45) is 5.92 Å². The average Bonchev–Trinajstić information content (AvgIpc) is 3.02. The highest BCUT2D eigenvalue weighted by Gasteiger charge is 2.53. The molecule has 1 aliphatic carbocycles. The predicted octanol–water partition coefficient (Wildman–Crippen LogP) is 2.83. The van der Waals surface area contributed by atoms with E-state index in [0.29, 0.717) is 12.5 Å². The van der Waals surface area contributed by atoms with Gasteiger partial charge in [0.1, 0.15) is 6.61 Å². The number of benzene rings is 1. The molecule has 0 bridgehead atoms. The third-order valence-corrected chi connectivity index (χ3v) is 8.59. The van der Waals surface area contributed by atoms with Crippen molar-refractivity contribution >= 4 is 25.3 Å². The lowest BCUT2D eigenvalue weighted by Crippen LogP contribution is -2.58. The van der Waals surface area contributed by atoms with Gasteiger partial charge >= 0.3 is 6.09 Å². The number of nitrogens with zero attached hydrogens (tertiary/aromatic N) is 1. The largest absolute Gasteiger partial charge is 0.447 e. The van der Waals surface area contributed by atoms with E-state index in [1.165, 1.54) is 10.8 Å². The number of likely N-dealkylation sites (tertiary alicyclic amines) is 1. The Balaban J connectivity index is 1.29. The van der Waals surface area contributed by atoms with Crippen LogP contribution in [0.1, 0.15) is 37.2 Å². The van der Waals surface area contributed by atoms with E-state index in [2.05, 4.69) is 49.2 Å². The fraction of sp³-hybridized carbons (Fsp3) is 0.619. The Labute approximate surface area is 162 Å². The maximum absolute atomic E-state index is 12.8. The van der Waals surface area contributed by atoms with E-state index in [4.69, 9.17) is 4.74 Å². The molecule has 0 atom stereocenters. The molecule has 27 heavy (non-hydrogen) atoms. The maximum Gasteiger partial charge on any atom is 0.407 e. The molecule has 3 aliphatic rings. The third kappa shape index (κ3) is 3.64. The first kappa shape index (κ1) is 18.5. The molecule has 2 saturated heterocycles. The van der Waals surface area contributed by atoms with Gasteiger partial charge in [-0.15, -0.1) is 0 Å². The summed E-state index contributed by atoms with van der Waals surface area (Å²) >= 11 is 0. The molecule has 1 saturated carbocycles. The average molecular weight is 387 g/mol. The van der Waals surface area contributed by atoms with E-state index in [9.17, 15) is 9.59 Å². The van der Waals surface area contributed by atoms with Crippen LogP contribution in [0, 0.1) is 5.92 Å². The highest BCUT2D eigenvalue weighted by molar-refractivity contribution is 6.88. The third-order valence-electron chi connectivity index (χ3n) is 6.53. The summed E-state index contributed by atoms with van der Waals surface area (Å²) in [6.45, 7) is 9.21. The van der Waals surface area contributed by atoms with Crippen molar-refractivity contribution < 1.29 is 14.3 Å². The SMILES string of the molecule is C[Si](C)(C)c1ccc(C2CCN(C(=O)[C@H]3C[C@]4(COC(=O)N4)C3)CC2)cc1. The van der Waals surface area contributed by atoms with Gasteiger partial charge in [-0.1, -0.05) is 49.1 Å². The second-order valence-corrected chi connectivity index (χ2v) is 14.6. The predicted molar refractivity (Wildman–Crippen MR) is 108 cm³/mol. The molecular formula is C21H30N2O3Si. The molecule has 5 nitrogen and oxygen atoms in total. The summed E-state index contributed by atoms with van der Waals surface area (Å²) in [6, 6.07) is 9.22. The Morgan fingerprint density at radius 2 is 1.78 bits per heavy atom. The van der Waals surface area contributed by atoms with E-state index < -0.39 is 8.07 Å². The molecule has 0 unspecified atom stereocenters. The van der Waals surface area contributed by atoms with Crippen molar-refractivity contribution in [2.45, 2.75) is 56.8 Å². The number of ether oxygens (including phenoxy) is 1. The van der Waals surface area contributed by atoms with Crippen molar-refractivity contribution in [3.63, 3.8) is 0 Å². The summed E-state index contributed by atoms with van der Waals surface area (Å²) in [6.07, 6.45) is 3.17. The summed E-state index contributed by atoms with van der Waals surface area (Å²) in [4.78, 5) is 26.1. The summed E-state index contributed by atoms with van der Waals surface area (Å²) in [7, 11) is -1.25. The van der Waals surface area contributed by atoms with Gasteiger partial charge in [-0.2, -0.15) is 0 Å². The minimum atomic E-state index is -1.25. The first-order valence-corrected chi connectivity index (χ1v) is 13.6. The zero-order chi connectivity index (χ0) is 19.2. The van der Waals surface area contributed by atoms with Crippen LogP contribution in [0.15, 0.2) is 24.3 Å². The lowest BCUT2D eigenvalue weighted by atomic mass is 9.68. The Morgan fingerprint density at radius 3 is 2.30 bits per heavy atom. The number of alkyl carbamates (subject to hydrolysis) is 1. The lowest BCUT2D eigenvalue weighted by molar-refractivity contribution is -0.142. The van der Waals surface area contributed by atoms with E-state index >= 15 is 0 Å². The number of amides is 2. The van der Waals surface area contributed by atoms with Crippen LogP contribution < -0.4 is 10.5 Å². The van der Waals surface area contributed by atoms with Crippen molar-refractivity contribution in [3.05, 3.63) is 29.8 Å². The smallest absolute Gasteiger partial charge is 0.407 e. The second kappa shape index (κ2) is 6.65. The second-order valence-electron chi connectivity index (χ2n) is 9.56. The molecule has 4 rings (SSSR count). The Kier molecular flexibility index (Phi) is 4.57. The topological polar surface area (TPSA) is 58.6 Å². The highest BCUT2D eigenvalue weighted by Crippen LogP contribution is 2.42. The number of cyclic esters (lactones) is 1. The van der Waals surface area contributed by atoms with Crippen LogP contribution in [0.5, 0.6) is 0 Å². The monoisotopic (exact) mass is 386 g/mol. The van der Waals surface area contributed by atoms with Gasteiger partial charge in [0.05, 0.1) is 13.6 Å². The molecule has 146 valence electrons. The standard InChI is InChI=1S/C21H30N2O3Si/c1-27(2,3)18-6-4-15(5-7-18)16-8-10-23(11-9-16)19(24)17-12-21(13-17)14-26-20(25)22-21/h4-7,16-17H,8-14H2,1-3H3,(H,22,25)/t17-,21+. The van der Waals surface area contributed by atoms with Crippen LogP contribution in [0.3, 0.4) is 0 Å². The summed E-state index contributed by atoms with van der Waals surface area (Å²) in [5, 5.41) is 4.37. The molecule has 6 heteroatoms. The molecule has 1 spiro atoms. The van der Waals surface area contributed by atoms with Crippen LogP contribution in [0.25, 0.3) is 0 Å². The first-order valence-electron chi connectivity index (χ1n) is 10.1. The molecule has 1 aromatic carbocycles. The van der Waals surface area contributed by atoms with Crippen molar-refractivity contribution in [2.75, 3.05) is 19.7 Å². The number of carbonyl (C=O) groups is 2. The zero-order valence-electron chi connectivity index (χ0n) is 16.6. The van der Waals surface area contributed by atoms with Crippen LogP contribution >= 0.6 is 0 Å². The van der Waals surface area contributed by atoms with Gasteiger partial charge in [0.15, 0.2) is 0 Å². The summed E-state index contributed by atoms with van der Waals surface area (Å²) in [5.41, 5.74) is 1.14. The molecular weight excluding hydrogens is 356 g/mol. The molecule has 2 aliphatic heterocycles. The Hall–Kier alpha value is -1.82. The number of hydrogen-bond acceptors (Lipinski definition) is 3. The normalized spacial score (nSPS) is 28.6. The minimum Gasteiger partial charge on any atom is -0.447 e. The molecule has 2 heterocycles. The van der Waals surface area contributed by atoms with Gasteiger partial charge in [0.2, 0.25) is 5.91 Å². The molecule has 1 N–H and O–H groups in total. The zero-order valence-corrected chi connectivity index (χ0v) is 17.6. The van der Waals surface area contributed by atoms with Crippen LogP contribution in [0.2, 0.25) is 19.6 Å². The van der Waals surface area contributed by atoms with E-state index in [0.717, 1.165) is 38.8 Å². The van der Waals surface area contributed by atoms with Gasteiger partial charge in [-0.25, -0.2) is 4.79 Å². The number of nitrogens with one attached hydrogen (secondary N) is 1. The Bertz CT molecular complexity index is 727. The maximum atomic E-state index is 12.8. The van der Waals surface area contributed by atoms with Crippen LogP contribution in [-0.2, 0) is 9.53 Å². The number of piperidine rings is 1. The first-order chi connectivity index (χ1) is 12.8. The van der Waals surface area contributed by atoms with Gasteiger partial charge in [-0.05, 0) is 37.2 Å². The van der Waals surface area contributed by atoms with E-state index in [-0.39, 0.29) is 23.5 Å². The van der Waals surface area contributed by atoms with Gasteiger partial charge in [0.25, 0.3) is 0 Å². The molecule has 2 amide bonds. The number of hydrogen-bond donors (Lipinski definition) is 1. The van der Waals surface area contributed by atoms with Crippen LogP contribution in [0.4, 0.5) is 4.79 Å². The highest BCUT2D eigenvalue weighted by atomic mass is 28.3. The quantitative estimate of drug-likeness (QED) is 0.813. The fourth-order valence-corrected chi connectivity index (χ4v) is 5.88. The van der Waals surface area contributed by atoms with Gasteiger partial charge < -0.3 is 15.0 Å². The fourth-order valence-electron chi connectivity index (χ4n) is 4.72. The Morgan fingerprint density at radius 1 is 1.15 bits per heavy atom. The molecule has 1 aromatic rings. The molecule has 0 radical (unpaired) electrons. The molecule has 3 fully saturated rings.